The molecule has 3 aromatic rings. The predicted molar refractivity (Wildman–Crippen MR) is 107 cm³/mol. The molecule has 0 spiro atoms. The molecule has 1 N–H and O–H groups in total. The number of ether oxygens (including phenoxy) is 1. The molecule has 0 aliphatic carbocycles. The molecule has 0 radical (unpaired) electrons. The fourth-order valence-electron chi connectivity index (χ4n) is 2.73. The van der Waals surface area contributed by atoms with Crippen LogP contribution in [-0.4, -0.2) is 34.6 Å². The molecule has 0 atom stereocenters. The van der Waals surface area contributed by atoms with E-state index in [1.165, 1.54) is 10.9 Å². The van der Waals surface area contributed by atoms with Gasteiger partial charge in [0.25, 0.3) is 11.5 Å². The van der Waals surface area contributed by atoms with Crippen LogP contribution < -0.4 is 15.8 Å². The monoisotopic (exact) mass is 401 g/mol. The topological polar surface area (TPSA) is 82.4 Å². The van der Waals surface area contributed by atoms with E-state index in [2.05, 4.69) is 10.5 Å². The van der Waals surface area contributed by atoms with E-state index in [1.807, 2.05) is 6.92 Å². The Labute approximate surface area is 166 Å². The molecule has 0 fully saturated rings. The predicted octanol–water partition coefficient (Wildman–Crippen LogP) is 2.99. The highest BCUT2D eigenvalue weighted by atomic mass is 35.5. The summed E-state index contributed by atoms with van der Waals surface area (Å²) in [4.78, 5) is 34.6. The van der Waals surface area contributed by atoms with E-state index in [0.717, 1.165) is 5.56 Å². The van der Waals surface area contributed by atoms with Crippen LogP contribution in [0.1, 0.15) is 22.8 Å². The van der Waals surface area contributed by atoms with E-state index in [9.17, 15) is 9.59 Å². The summed E-state index contributed by atoms with van der Waals surface area (Å²) in [6, 6.07) is 10.2. The van der Waals surface area contributed by atoms with Crippen molar-refractivity contribution in [1.29, 1.82) is 0 Å². The molecule has 0 bridgehead atoms. The lowest BCUT2D eigenvalue weighted by Gasteiger charge is -2.12. The standard InChI is InChI=1S/C20H20ClN3O4/c1-3-28-23-19(25)14-5-4-13(2)18(10-14)24-12-22-17-7-6-15(27-9-8-21)11-16(17)20(24)26/h4-7,10-12H,3,8-9H2,1-2H3,(H,23,25). The maximum absolute atomic E-state index is 13.1. The third kappa shape index (κ3) is 4.16. The molecule has 146 valence electrons. The largest absolute Gasteiger partial charge is 0.492 e. The first-order valence-corrected chi connectivity index (χ1v) is 9.32. The Bertz CT molecular complexity index is 1060. The van der Waals surface area contributed by atoms with Gasteiger partial charge < -0.3 is 4.74 Å². The lowest BCUT2D eigenvalue weighted by atomic mass is 10.1. The number of nitrogens with one attached hydrogen (secondary N) is 1. The number of nitrogens with zero attached hydrogens (tertiary/aromatic N) is 2. The zero-order valence-electron chi connectivity index (χ0n) is 15.6. The van der Waals surface area contributed by atoms with Gasteiger partial charge in [-0.3, -0.25) is 19.0 Å². The maximum Gasteiger partial charge on any atom is 0.274 e. The van der Waals surface area contributed by atoms with Crippen molar-refractivity contribution < 1.29 is 14.4 Å². The number of aryl methyl sites for hydroxylation is 1. The maximum atomic E-state index is 13.1. The number of carbonyl (C=O) groups is 1. The van der Waals surface area contributed by atoms with Gasteiger partial charge in [-0.1, -0.05) is 6.07 Å². The van der Waals surface area contributed by atoms with Gasteiger partial charge in [-0.05, 0) is 49.7 Å². The molecule has 0 aliphatic rings. The van der Waals surface area contributed by atoms with Gasteiger partial charge in [0.1, 0.15) is 18.7 Å². The average Bonchev–Trinajstić information content (AvgIpc) is 2.71. The Morgan fingerprint density at radius 2 is 2.07 bits per heavy atom. The minimum Gasteiger partial charge on any atom is -0.492 e. The second-order valence-corrected chi connectivity index (χ2v) is 6.38. The van der Waals surface area contributed by atoms with Crippen LogP contribution >= 0.6 is 11.6 Å². The molecular formula is C20H20ClN3O4. The summed E-state index contributed by atoms with van der Waals surface area (Å²) in [7, 11) is 0. The number of fused-ring (bicyclic) bond motifs is 1. The number of hydrogen-bond donors (Lipinski definition) is 1. The fourth-order valence-corrected chi connectivity index (χ4v) is 2.80. The van der Waals surface area contributed by atoms with Gasteiger partial charge >= 0.3 is 0 Å². The molecule has 1 aromatic heterocycles. The van der Waals surface area contributed by atoms with Gasteiger partial charge in [0, 0.05) is 5.56 Å². The third-order valence-electron chi connectivity index (χ3n) is 4.12. The van der Waals surface area contributed by atoms with E-state index >= 15 is 0 Å². The lowest BCUT2D eigenvalue weighted by molar-refractivity contribution is 0.0364. The molecule has 0 saturated heterocycles. The number of hydrogen-bond acceptors (Lipinski definition) is 5. The average molecular weight is 402 g/mol. The van der Waals surface area contributed by atoms with Crippen LogP contribution in [0.5, 0.6) is 5.75 Å². The van der Waals surface area contributed by atoms with Crippen molar-refractivity contribution in [3.63, 3.8) is 0 Å². The summed E-state index contributed by atoms with van der Waals surface area (Å²) in [5.74, 6) is 0.512. The zero-order valence-corrected chi connectivity index (χ0v) is 16.3. The first-order valence-electron chi connectivity index (χ1n) is 8.78. The molecule has 7 nitrogen and oxygen atoms in total. The molecule has 8 heteroatoms. The number of carbonyl (C=O) groups excluding carboxylic acids is 1. The van der Waals surface area contributed by atoms with Gasteiger partial charge in [0.15, 0.2) is 0 Å². The number of amides is 1. The van der Waals surface area contributed by atoms with E-state index in [1.54, 1.807) is 43.3 Å². The second-order valence-electron chi connectivity index (χ2n) is 6.00. The minimum atomic E-state index is -0.387. The second kappa shape index (κ2) is 8.86. The first kappa shape index (κ1) is 19.9. The molecule has 0 unspecified atom stereocenters. The zero-order chi connectivity index (χ0) is 20.1. The van der Waals surface area contributed by atoms with Gasteiger partial charge in [-0.2, -0.15) is 0 Å². The van der Waals surface area contributed by atoms with Gasteiger partial charge in [0.2, 0.25) is 0 Å². The van der Waals surface area contributed by atoms with Crippen LogP contribution in [-0.2, 0) is 4.84 Å². The molecule has 28 heavy (non-hydrogen) atoms. The third-order valence-corrected chi connectivity index (χ3v) is 4.27. The highest BCUT2D eigenvalue weighted by Crippen LogP contribution is 2.19. The SMILES string of the molecule is CCONC(=O)c1ccc(C)c(-n2cnc3ccc(OCCCl)cc3c2=O)c1. The highest BCUT2D eigenvalue weighted by molar-refractivity contribution is 6.18. The van der Waals surface area contributed by atoms with Crippen molar-refractivity contribution in [3.05, 3.63) is 64.2 Å². The summed E-state index contributed by atoms with van der Waals surface area (Å²) in [6.07, 6.45) is 1.45. The number of alkyl halides is 1. The summed E-state index contributed by atoms with van der Waals surface area (Å²) >= 11 is 5.65. The summed E-state index contributed by atoms with van der Waals surface area (Å²) in [5, 5.41) is 0.415. The van der Waals surface area contributed by atoms with Crippen LogP contribution in [0.4, 0.5) is 0 Å². The normalized spacial score (nSPS) is 10.8. The molecule has 1 amide bonds. The van der Waals surface area contributed by atoms with Crippen LogP contribution in [0, 0.1) is 6.92 Å². The summed E-state index contributed by atoms with van der Waals surface area (Å²) in [5.41, 5.74) is 4.41. The quantitative estimate of drug-likeness (QED) is 0.486. The lowest BCUT2D eigenvalue weighted by Crippen LogP contribution is -2.24. The van der Waals surface area contributed by atoms with Crippen molar-refractivity contribution >= 4 is 28.4 Å². The van der Waals surface area contributed by atoms with Crippen molar-refractivity contribution in [2.24, 2.45) is 0 Å². The van der Waals surface area contributed by atoms with Crippen molar-refractivity contribution in [1.82, 2.24) is 15.0 Å². The summed E-state index contributed by atoms with van der Waals surface area (Å²) < 4.78 is 6.92. The van der Waals surface area contributed by atoms with E-state index in [4.69, 9.17) is 21.2 Å². The fraction of sp³-hybridized carbons (Fsp3) is 0.250. The first-order chi connectivity index (χ1) is 13.5. The van der Waals surface area contributed by atoms with Gasteiger partial charge in [-0.15, -0.1) is 11.6 Å². The number of aromatic nitrogens is 2. The highest BCUT2D eigenvalue weighted by Gasteiger charge is 2.13. The Balaban J connectivity index is 2.06. The van der Waals surface area contributed by atoms with Crippen LogP contribution in [0.25, 0.3) is 16.6 Å². The number of hydroxylamine groups is 1. The van der Waals surface area contributed by atoms with Gasteiger partial charge in [0.05, 0.1) is 29.1 Å². The van der Waals surface area contributed by atoms with Gasteiger partial charge in [-0.25, -0.2) is 10.5 Å². The van der Waals surface area contributed by atoms with Crippen molar-refractivity contribution in [3.8, 4) is 11.4 Å². The van der Waals surface area contributed by atoms with E-state index in [0.29, 0.717) is 47.0 Å². The Morgan fingerprint density at radius 3 is 2.82 bits per heavy atom. The number of halogens is 1. The van der Waals surface area contributed by atoms with Crippen LogP contribution in [0.2, 0.25) is 0 Å². The number of rotatable bonds is 7. The Hall–Kier alpha value is -2.90. The molecule has 0 saturated carbocycles. The molecular weight excluding hydrogens is 382 g/mol. The van der Waals surface area contributed by atoms with E-state index in [-0.39, 0.29) is 11.5 Å². The van der Waals surface area contributed by atoms with Crippen LogP contribution in [0.15, 0.2) is 47.5 Å². The van der Waals surface area contributed by atoms with E-state index < -0.39 is 0 Å². The molecule has 0 aliphatic heterocycles. The molecule has 2 aromatic carbocycles. The Kier molecular flexibility index (Phi) is 6.28. The summed E-state index contributed by atoms with van der Waals surface area (Å²) in [6.45, 7) is 4.33. The minimum absolute atomic E-state index is 0.258. The Morgan fingerprint density at radius 1 is 1.25 bits per heavy atom. The molecule has 1 heterocycles. The number of benzene rings is 2. The molecule has 3 rings (SSSR count). The van der Waals surface area contributed by atoms with Crippen molar-refractivity contribution in [2.45, 2.75) is 13.8 Å². The van der Waals surface area contributed by atoms with Crippen LogP contribution in [0.3, 0.4) is 0 Å². The smallest absolute Gasteiger partial charge is 0.274 e. The van der Waals surface area contributed by atoms with Crippen molar-refractivity contribution in [2.75, 3.05) is 19.1 Å².